The van der Waals surface area contributed by atoms with Gasteiger partial charge in [-0.2, -0.15) is 0 Å². The van der Waals surface area contributed by atoms with Crippen molar-refractivity contribution >= 4 is 17.2 Å². The third-order valence-corrected chi connectivity index (χ3v) is 6.63. The molecule has 0 spiro atoms. The molecule has 1 amide bonds. The summed E-state index contributed by atoms with van der Waals surface area (Å²) in [5, 5.41) is 2.87. The van der Waals surface area contributed by atoms with Gasteiger partial charge < -0.3 is 14.4 Å². The maximum absolute atomic E-state index is 13.1. The number of para-hydroxylation sites is 2. The van der Waals surface area contributed by atoms with Gasteiger partial charge >= 0.3 is 0 Å². The highest BCUT2D eigenvalue weighted by atomic mass is 32.1. The zero-order valence-electron chi connectivity index (χ0n) is 18.0. The number of amides is 1. The molecule has 2 unspecified atom stereocenters. The number of carbonyl (C=O) groups excluding carboxylic acids is 1. The van der Waals surface area contributed by atoms with Crippen molar-refractivity contribution in [1.82, 2.24) is 14.8 Å². The van der Waals surface area contributed by atoms with Gasteiger partial charge in [0, 0.05) is 42.8 Å². The number of hydrogen-bond acceptors (Lipinski definition) is 6. The summed E-state index contributed by atoms with van der Waals surface area (Å²) in [6.45, 7) is 3.54. The maximum Gasteiger partial charge on any atom is 0.237 e. The summed E-state index contributed by atoms with van der Waals surface area (Å²) in [5.74, 6) is 1.69. The van der Waals surface area contributed by atoms with Gasteiger partial charge in [0.1, 0.15) is 22.6 Å². The molecule has 162 valence electrons. The van der Waals surface area contributed by atoms with Crippen LogP contribution in [0, 0.1) is 0 Å². The van der Waals surface area contributed by atoms with Gasteiger partial charge in [-0.3, -0.25) is 9.69 Å². The Labute approximate surface area is 187 Å². The molecule has 0 saturated heterocycles. The van der Waals surface area contributed by atoms with Crippen LogP contribution in [0.1, 0.15) is 35.2 Å². The molecule has 0 N–H and O–H groups in total. The summed E-state index contributed by atoms with van der Waals surface area (Å²) in [4.78, 5) is 21.4. The van der Waals surface area contributed by atoms with Crippen molar-refractivity contribution in [2.24, 2.45) is 0 Å². The lowest BCUT2D eigenvalue weighted by atomic mass is 10.1. The number of methoxy groups -OCH3 is 1. The van der Waals surface area contributed by atoms with Gasteiger partial charge in [0.2, 0.25) is 5.91 Å². The molecule has 7 heteroatoms. The second-order valence-corrected chi connectivity index (χ2v) is 8.60. The predicted octanol–water partition coefficient (Wildman–Crippen LogP) is 4.31. The van der Waals surface area contributed by atoms with E-state index in [1.807, 2.05) is 61.8 Å². The Balaban J connectivity index is 1.57. The van der Waals surface area contributed by atoms with Gasteiger partial charge in [-0.25, -0.2) is 4.98 Å². The van der Waals surface area contributed by atoms with Crippen LogP contribution in [0.4, 0.5) is 0 Å². The van der Waals surface area contributed by atoms with E-state index in [0.717, 1.165) is 27.6 Å². The van der Waals surface area contributed by atoms with Crippen molar-refractivity contribution in [3.05, 3.63) is 76.2 Å². The quantitative estimate of drug-likeness (QED) is 0.575. The first-order valence-electron chi connectivity index (χ1n) is 10.3. The molecular formula is C24H27N3O3S. The summed E-state index contributed by atoms with van der Waals surface area (Å²) in [6, 6.07) is 15.8. The number of likely N-dealkylation sites (N-methyl/N-ethyl adjacent to an activating group) is 1. The van der Waals surface area contributed by atoms with E-state index in [1.54, 1.807) is 29.5 Å². The van der Waals surface area contributed by atoms with E-state index in [1.165, 1.54) is 0 Å². The number of nitrogens with zero attached hydrogens (tertiary/aromatic N) is 3. The van der Waals surface area contributed by atoms with Crippen molar-refractivity contribution in [2.75, 3.05) is 27.2 Å². The van der Waals surface area contributed by atoms with Crippen molar-refractivity contribution < 1.29 is 14.3 Å². The van der Waals surface area contributed by atoms with Crippen molar-refractivity contribution in [2.45, 2.75) is 25.6 Å². The summed E-state index contributed by atoms with van der Waals surface area (Å²) >= 11 is 1.57. The fourth-order valence-electron chi connectivity index (χ4n) is 3.82. The van der Waals surface area contributed by atoms with E-state index in [4.69, 9.17) is 9.47 Å². The van der Waals surface area contributed by atoms with Gasteiger partial charge in [0.15, 0.2) is 0 Å². The smallest absolute Gasteiger partial charge is 0.237 e. The molecule has 1 aliphatic heterocycles. The highest BCUT2D eigenvalue weighted by Crippen LogP contribution is 2.34. The number of fused-ring (bicyclic) bond motifs is 1. The number of ether oxygens (including phenoxy) is 2. The Morgan fingerprint density at radius 1 is 1.29 bits per heavy atom. The van der Waals surface area contributed by atoms with E-state index in [0.29, 0.717) is 19.6 Å². The van der Waals surface area contributed by atoms with Crippen LogP contribution in [-0.4, -0.2) is 47.9 Å². The number of aromatic nitrogens is 1. The van der Waals surface area contributed by atoms with Crippen LogP contribution in [0.3, 0.4) is 0 Å². The molecule has 0 fully saturated rings. The van der Waals surface area contributed by atoms with E-state index in [2.05, 4.69) is 16.0 Å². The average Bonchev–Trinajstić information content (AvgIpc) is 3.27. The van der Waals surface area contributed by atoms with E-state index in [9.17, 15) is 4.79 Å². The first-order chi connectivity index (χ1) is 15.1. The van der Waals surface area contributed by atoms with Gasteiger partial charge in [0.05, 0.1) is 19.7 Å². The minimum Gasteiger partial charge on any atom is -0.496 e. The average molecular weight is 438 g/mol. The monoisotopic (exact) mass is 437 g/mol. The fourth-order valence-corrected chi connectivity index (χ4v) is 4.56. The lowest BCUT2D eigenvalue weighted by Crippen LogP contribution is -2.40. The molecule has 2 aromatic carbocycles. The summed E-state index contributed by atoms with van der Waals surface area (Å²) in [6.07, 6.45) is 1.53. The molecule has 1 aliphatic rings. The summed E-state index contributed by atoms with van der Waals surface area (Å²) < 4.78 is 12.0. The molecule has 2 heterocycles. The molecule has 0 aliphatic carbocycles. The molecular weight excluding hydrogens is 410 g/mol. The van der Waals surface area contributed by atoms with Gasteiger partial charge in [-0.1, -0.05) is 36.4 Å². The second-order valence-electron chi connectivity index (χ2n) is 7.68. The number of rotatable bonds is 6. The zero-order chi connectivity index (χ0) is 21.8. The minimum atomic E-state index is -0.241. The van der Waals surface area contributed by atoms with Gasteiger partial charge in [-0.15, -0.1) is 11.3 Å². The van der Waals surface area contributed by atoms with Crippen molar-refractivity contribution in [1.29, 1.82) is 0 Å². The Hall–Kier alpha value is -2.90. The topological polar surface area (TPSA) is 54.9 Å². The highest BCUT2D eigenvalue weighted by Gasteiger charge is 2.29. The molecule has 31 heavy (non-hydrogen) atoms. The number of hydrogen-bond donors (Lipinski definition) is 0. The van der Waals surface area contributed by atoms with Crippen LogP contribution >= 0.6 is 11.3 Å². The van der Waals surface area contributed by atoms with Crippen LogP contribution in [0.15, 0.2) is 60.1 Å². The minimum absolute atomic E-state index is 0.0563. The van der Waals surface area contributed by atoms with Crippen LogP contribution in [0.2, 0.25) is 0 Å². The van der Waals surface area contributed by atoms with Gasteiger partial charge in [-0.05, 0) is 19.1 Å². The largest absolute Gasteiger partial charge is 0.496 e. The lowest BCUT2D eigenvalue weighted by molar-refractivity contribution is -0.133. The van der Waals surface area contributed by atoms with Crippen molar-refractivity contribution in [3.8, 4) is 11.5 Å². The first kappa shape index (κ1) is 21.3. The predicted molar refractivity (Wildman–Crippen MR) is 121 cm³/mol. The van der Waals surface area contributed by atoms with E-state index >= 15 is 0 Å². The van der Waals surface area contributed by atoms with Crippen LogP contribution in [-0.2, 0) is 11.3 Å². The molecule has 0 bridgehead atoms. The highest BCUT2D eigenvalue weighted by molar-refractivity contribution is 7.09. The van der Waals surface area contributed by atoms with E-state index < -0.39 is 0 Å². The molecule has 1 aromatic heterocycles. The molecule has 3 aromatic rings. The normalized spacial score (nSPS) is 17.2. The number of carbonyl (C=O) groups is 1. The lowest BCUT2D eigenvalue weighted by Gasteiger charge is -2.28. The zero-order valence-corrected chi connectivity index (χ0v) is 18.8. The van der Waals surface area contributed by atoms with Crippen LogP contribution in [0.5, 0.6) is 11.5 Å². The third kappa shape index (κ3) is 4.73. The van der Waals surface area contributed by atoms with Crippen molar-refractivity contribution in [3.63, 3.8) is 0 Å². The SMILES string of the molecule is COc1ccccc1C1CN(CC(=O)N(C)C(C)c2nccs2)Cc2ccccc2O1. The fraction of sp³-hybridized carbons (Fsp3) is 0.333. The van der Waals surface area contributed by atoms with Gasteiger partial charge in [0.25, 0.3) is 0 Å². The Morgan fingerprint density at radius 3 is 2.84 bits per heavy atom. The van der Waals surface area contributed by atoms with E-state index in [-0.39, 0.29) is 18.1 Å². The summed E-state index contributed by atoms with van der Waals surface area (Å²) in [7, 11) is 3.51. The molecule has 2 atom stereocenters. The third-order valence-electron chi connectivity index (χ3n) is 5.69. The molecule has 0 radical (unpaired) electrons. The van der Waals surface area contributed by atoms with Crippen LogP contribution < -0.4 is 9.47 Å². The van der Waals surface area contributed by atoms with Crippen LogP contribution in [0.25, 0.3) is 0 Å². The Kier molecular flexibility index (Phi) is 6.53. The summed E-state index contributed by atoms with van der Waals surface area (Å²) in [5.41, 5.74) is 2.05. The Bertz CT molecular complexity index is 1020. The standard InChI is InChI=1S/C24H27N3O3S/c1-17(24-25-12-13-31-24)26(2)23(28)16-27-14-18-8-4-6-10-20(18)30-22(15-27)19-9-5-7-11-21(19)29-3/h4-13,17,22H,14-16H2,1-3H3. The molecule has 4 rings (SSSR count). The maximum atomic E-state index is 13.1. The molecule has 0 saturated carbocycles. The second kappa shape index (κ2) is 9.49. The Morgan fingerprint density at radius 2 is 2.06 bits per heavy atom. The molecule has 6 nitrogen and oxygen atoms in total. The number of thiazole rings is 1. The first-order valence-corrected chi connectivity index (χ1v) is 11.2. The number of benzene rings is 2.